The number of carbonyl (C=O) groups excluding carboxylic acids is 3. The number of rotatable bonds is 4. The van der Waals surface area contributed by atoms with Crippen LogP contribution in [0.3, 0.4) is 0 Å². The Morgan fingerprint density at radius 2 is 2.03 bits per heavy atom. The number of imide groups is 1. The van der Waals surface area contributed by atoms with Crippen LogP contribution in [0.4, 0.5) is 16.2 Å². The van der Waals surface area contributed by atoms with E-state index in [2.05, 4.69) is 10.3 Å². The summed E-state index contributed by atoms with van der Waals surface area (Å²) >= 11 is 6.40. The number of ether oxygens (including phenoxy) is 1. The van der Waals surface area contributed by atoms with Crippen molar-refractivity contribution in [2.24, 2.45) is 0 Å². The fourth-order valence-corrected chi connectivity index (χ4v) is 4.37. The van der Waals surface area contributed by atoms with Gasteiger partial charge in [0.25, 0.3) is 11.8 Å². The van der Waals surface area contributed by atoms with Crippen molar-refractivity contribution in [2.45, 2.75) is 31.2 Å². The van der Waals surface area contributed by atoms with Gasteiger partial charge in [-0.1, -0.05) is 24.1 Å². The first-order valence-corrected chi connectivity index (χ1v) is 10.7. The Labute approximate surface area is 184 Å². The van der Waals surface area contributed by atoms with E-state index >= 15 is 0 Å². The molecule has 1 atom stereocenters. The topological polar surface area (TPSA) is 91.8 Å². The summed E-state index contributed by atoms with van der Waals surface area (Å²) in [6.45, 7) is 0.947. The number of hydrogen-bond acceptors (Lipinski definition) is 5. The zero-order valence-corrected chi connectivity index (χ0v) is 17.5. The minimum Gasteiger partial charge on any atom is -0.377 e. The molecular weight excluding hydrogens is 420 g/mol. The molecule has 1 saturated carbocycles. The number of hydrogen-bond donors (Lipinski definition) is 1. The molecule has 31 heavy (non-hydrogen) atoms. The SMILES string of the molecule is O=C(Nc1ccc(N2C(=O)C3COCCN3C2=O)c(Cl)c1)c1cccc(C2CCC2)n1. The van der Waals surface area contributed by atoms with Crippen molar-refractivity contribution in [1.29, 1.82) is 0 Å². The number of urea groups is 1. The van der Waals surface area contributed by atoms with Gasteiger partial charge in [0.15, 0.2) is 0 Å². The third-order valence-corrected chi connectivity index (χ3v) is 6.35. The summed E-state index contributed by atoms with van der Waals surface area (Å²) in [5, 5.41) is 2.98. The van der Waals surface area contributed by atoms with Gasteiger partial charge < -0.3 is 15.0 Å². The Morgan fingerprint density at radius 3 is 2.74 bits per heavy atom. The first kappa shape index (κ1) is 20.0. The average Bonchev–Trinajstić information content (AvgIpc) is 2.98. The van der Waals surface area contributed by atoms with E-state index in [1.54, 1.807) is 18.2 Å². The number of aromatic nitrogens is 1. The van der Waals surface area contributed by atoms with Crippen LogP contribution in [0.2, 0.25) is 5.02 Å². The molecule has 2 aromatic rings. The van der Waals surface area contributed by atoms with Gasteiger partial charge in [-0.2, -0.15) is 0 Å². The summed E-state index contributed by atoms with van der Waals surface area (Å²) < 4.78 is 5.33. The van der Waals surface area contributed by atoms with Crippen molar-refractivity contribution in [3.05, 3.63) is 52.8 Å². The molecule has 2 saturated heterocycles. The molecule has 0 spiro atoms. The summed E-state index contributed by atoms with van der Waals surface area (Å²) in [7, 11) is 0. The van der Waals surface area contributed by atoms with Gasteiger partial charge in [-0.15, -0.1) is 0 Å². The van der Waals surface area contributed by atoms with Gasteiger partial charge >= 0.3 is 6.03 Å². The molecule has 1 unspecified atom stereocenters. The molecule has 0 radical (unpaired) electrons. The first-order valence-electron chi connectivity index (χ1n) is 10.3. The molecule has 3 heterocycles. The van der Waals surface area contributed by atoms with Gasteiger partial charge in [0.05, 0.1) is 23.9 Å². The zero-order chi connectivity index (χ0) is 21.5. The number of morpholine rings is 1. The highest BCUT2D eigenvalue weighted by Crippen LogP contribution is 2.36. The van der Waals surface area contributed by atoms with Crippen LogP contribution in [-0.4, -0.2) is 53.5 Å². The number of nitrogens with one attached hydrogen (secondary N) is 1. The van der Waals surface area contributed by atoms with E-state index in [0.717, 1.165) is 23.4 Å². The second-order valence-electron chi connectivity index (χ2n) is 7.94. The van der Waals surface area contributed by atoms with E-state index < -0.39 is 12.1 Å². The molecule has 1 N–H and O–H groups in total. The van der Waals surface area contributed by atoms with Gasteiger partial charge in [-0.25, -0.2) is 14.7 Å². The lowest BCUT2D eigenvalue weighted by atomic mass is 9.82. The van der Waals surface area contributed by atoms with Crippen molar-refractivity contribution in [2.75, 3.05) is 30.0 Å². The second-order valence-corrected chi connectivity index (χ2v) is 8.34. The fourth-order valence-electron chi connectivity index (χ4n) is 4.10. The monoisotopic (exact) mass is 440 g/mol. The number of nitrogens with zero attached hydrogens (tertiary/aromatic N) is 3. The van der Waals surface area contributed by atoms with Crippen molar-refractivity contribution < 1.29 is 19.1 Å². The molecule has 2 aliphatic heterocycles. The Bertz CT molecular complexity index is 1050. The molecule has 1 aromatic heterocycles. The standard InChI is InChI=1S/C22H21ClN4O4/c23-15-11-14(24-20(28)17-6-2-5-16(25-17)13-3-1-4-13)7-8-18(15)27-21(29)19-12-31-10-9-26(19)22(27)30/h2,5-8,11,13,19H,1,3-4,9-10,12H2,(H,24,28). The van der Waals surface area contributed by atoms with Crippen LogP contribution in [0.5, 0.6) is 0 Å². The first-order chi connectivity index (χ1) is 15.0. The molecule has 8 nitrogen and oxygen atoms in total. The van der Waals surface area contributed by atoms with Crippen molar-refractivity contribution in [1.82, 2.24) is 9.88 Å². The van der Waals surface area contributed by atoms with Crippen LogP contribution in [0.25, 0.3) is 0 Å². The minimum atomic E-state index is -0.620. The average molecular weight is 441 g/mol. The van der Waals surface area contributed by atoms with E-state index in [1.165, 1.54) is 17.4 Å². The maximum Gasteiger partial charge on any atom is 0.332 e. The third kappa shape index (κ3) is 3.55. The Kier molecular flexibility index (Phi) is 5.11. The van der Waals surface area contributed by atoms with Crippen molar-refractivity contribution >= 4 is 40.8 Å². The Hall–Kier alpha value is -2.97. The number of amides is 4. The van der Waals surface area contributed by atoms with Crippen LogP contribution in [0.1, 0.15) is 41.4 Å². The normalized spacial score (nSPS) is 21.1. The largest absolute Gasteiger partial charge is 0.377 e. The van der Waals surface area contributed by atoms with Gasteiger partial charge in [-0.05, 0) is 43.2 Å². The zero-order valence-electron chi connectivity index (χ0n) is 16.7. The quantitative estimate of drug-likeness (QED) is 0.735. The van der Waals surface area contributed by atoms with E-state index in [0.29, 0.717) is 30.5 Å². The molecule has 5 rings (SSSR count). The lowest BCUT2D eigenvalue weighted by Crippen LogP contribution is -2.45. The van der Waals surface area contributed by atoms with Gasteiger partial charge in [0, 0.05) is 23.8 Å². The summed E-state index contributed by atoms with van der Waals surface area (Å²) in [4.78, 5) is 45.2. The highest BCUT2D eigenvalue weighted by Gasteiger charge is 2.47. The van der Waals surface area contributed by atoms with Gasteiger partial charge in [-0.3, -0.25) is 9.59 Å². The predicted molar refractivity (Wildman–Crippen MR) is 114 cm³/mol. The molecule has 3 aliphatic rings. The van der Waals surface area contributed by atoms with Crippen LogP contribution in [-0.2, 0) is 9.53 Å². The van der Waals surface area contributed by atoms with Gasteiger partial charge in [0.2, 0.25) is 0 Å². The minimum absolute atomic E-state index is 0.180. The number of anilines is 2. The van der Waals surface area contributed by atoms with Gasteiger partial charge in [0.1, 0.15) is 11.7 Å². The van der Waals surface area contributed by atoms with Crippen molar-refractivity contribution in [3.8, 4) is 0 Å². The van der Waals surface area contributed by atoms with Crippen LogP contribution >= 0.6 is 11.6 Å². The van der Waals surface area contributed by atoms with E-state index in [4.69, 9.17) is 16.3 Å². The number of halogens is 1. The molecule has 3 fully saturated rings. The number of fused-ring (bicyclic) bond motifs is 1. The predicted octanol–water partition coefficient (Wildman–Crippen LogP) is 3.42. The van der Waals surface area contributed by atoms with Crippen LogP contribution in [0.15, 0.2) is 36.4 Å². The molecule has 1 aromatic carbocycles. The summed E-state index contributed by atoms with van der Waals surface area (Å²) in [5.74, 6) is -0.269. The van der Waals surface area contributed by atoms with Crippen LogP contribution in [0, 0.1) is 0 Å². The fraction of sp³-hybridized carbons (Fsp3) is 0.364. The highest BCUT2D eigenvalue weighted by molar-refractivity contribution is 6.36. The third-order valence-electron chi connectivity index (χ3n) is 6.04. The smallest absolute Gasteiger partial charge is 0.332 e. The molecule has 4 amide bonds. The highest BCUT2D eigenvalue weighted by atomic mass is 35.5. The van der Waals surface area contributed by atoms with E-state index in [-0.39, 0.29) is 29.1 Å². The Morgan fingerprint density at radius 1 is 1.19 bits per heavy atom. The van der Waals surface area contributed by atoms with E-state index in [1.807, 2.05) is 12.1 Å². The molecule has 160 valence electrons. The lowest BCUT2D eigenvalue weighted by Gasteiger charge is -2.26. The van der Waals surface area contributed by atoms with E-state index in [9.17, 15) is 14.4 Å². The summed E-state index contributed by atoms with van der Waals surface area (Å²) in [6.07, 6.45) is 3.40. The molecular formula is C22H21ClN4O4. The maximum atomic E-state index is 12.7. The lowest BCUT2D eigenvalue weighted by molar-refractivity contribution is -0.123. The summed E-state index contributed by atoms with van der Waals surface area (Å²) in [6, 6.07) is 9.14. The number of pyridine rings is 1. The molecule has 0 bridgehead atoms. The number of benzene rings is 1. The molecule has 1 aliphatic carbocycles. The molecule has 9 heteroatoms. The Balaban J connectivity index is 1.33. The number of carbonyl (C=O) groups is 3. The van der Waals surface area contributed by atoms with Crippen molar-refractivity contribution in [3.63, 3.8) is 0 Å². The summed E-state index contributed by atoms with van der Waals surface area (Å²) in [5.41, 5.74) is 2.02. The van der Waals surface area contributed by atoms with Crippen LogP contribution < -0.4 is 10.2 Å². The maximum absolute atomic E-state index is 12.7. The second kappa shape index (κ2) is 7.94.